The number of nitrogens with zero attached hydrogens (tertiary/aromatic N) is 4. The largest absolute Gasteiger partial charge is 0.478 e. The first-order valence-corrected chi connectivity index (χ1v) is 21.7. The molecule has 0 saturated carbocycles. The maximum atomic E-state index is 12.3. The van der Waals surface area contributed by atoms with E-state index in [1.165, 1.54) is 45.5 Å². The second kappa shape index (κ2) is 21.6. The van der Waals surface area contributed by atoms with Gasteiger partial charge in [-0.2, -0.15) is 10.2 Å². The van der Waals surface area contributed by atoms with Gasteiger partial charge in [-0.05, 0) is 157 Å². The monoisotopic (exact) mass is 874 g/mol. The number of aliphatic carboxylic acids is 1. The molecule has 14 nitrogen and oxygen atoms in total. The smallest absolute Gasteiger partial charge is 0.349 e. The highest BCUT2D eigenvalue weighted by atomic mass is 16.6. The number of esters is 1. The number of aromatic nitrogens is 6. The Morgan fingerprint density at radius 2 is 0.969 bits per heavy atom. The molecule has 0 aliphatic heterocycles. The number of carboxylic acids is 1. The molecule has 0 saturated heterocycles. The minimum absolute atomic E-state index is 0.186. The molecule has 0 bridgehead atoms. The van der Waals surface area contributed by atoms with Crippen LogP contribution in [0.4, 0.5) is 0 Å². The summed E-state index contributed by atoms with van der Waals surface area (Å²) < 4.78 is 19.3. The highest BCUT2D eigenvalue weighted by Crippen LogP contribution is 2.22. The van der Waals surface area contributed by atoms with E-state index in [0.29, 0.717) is 55.7 Å². The predicted octanol–water partition coefficient (Wildman–Crippen LogP) is 7.79. The van der Waals surface area contributed by atoms with E-state index < -0.39 is 17.2 Å². The van der Waals surface area contributed by atoms with Crippen LogP contribution in [0.5, 0.6) is 11.5 Å². The standard InChI is InChI=1S/C26H33N3O4.C24H29N3O4/c1-6-32-24(30)26(4,5)33-22-14-12-20(13-15-22)8-7-9-23-27-25(31)29(28-23)17-21-11-10-18(2)19(3)16-21;1-16-8-9-19(14-17(16)2)15-27-23(30)25-21(26-27)7-5-6-18-10-12-20(13-11-18)31-24(3,4)22(28)29/h10-16H,6-9,17H2,1-5H3,(H,27,28,31);8-14H,5-7,15H2,1-4H3,(H,28,29)(H,25,26,30). The van der Waals surface area contributed by atoms with Crippen molar-refractivity contribution in [2.24, 2.45) is 0 Å². The number of H-pyrrole nitrogens is 2. The lowest BCUT2D eigenvalue weighted by atomic mass is 10.1. The molecule has 0 spiro atoms. The zero-order chi connectivity index (χ0) is 46.6. The van der Waals surface area contributed by atoms with Gasteiger partial charge in [0.2, 0.25) is 0 Å². The highest BCUT2D eigenvalue weighted by molar-refractivity contribution is 5.79. The molecule has 0 radical (unpaired) electrons. The third kappa shape index (κ3) is 13.9. The molecule has 0 unspecified atom stereocenters. The number of hydrogen-bond acceptors (Lipinski definition) is 9. The number of carbonyl (C=O) groups excluding carboxylic acids is 1. The molecule has 0 amide bonds. The quantitative estimate of drug-likeness (QED) is 0.0680. The van der Waals surface area contributed by atoms with Crippen molar-refractivity contribution in [2.75, 3.05) is 6.61 Å². The third-order valence-electron chi connectivity index (χ3n) is 10.9. The van der Waals surface area contributed by atoms with Crippen LogP contribution in [-0.4, -0.2) is 64.4 Å². The number of aromatic amines is 2. The maximum absolute atomic E-state index is 12.3. The fourth-order valence-corrected chi connectivity index (χ4v) is 6.74. The first-order chi connectivity index (χ1) is 30.3. The van der Waals surface area contributed by atoms with Crippen molar-refractivity contribution in [3.8, 4) is 11.5 Å². The van der Waals surface area contributed by atoms with Crippen molar-refractivity contribution >= 4 is 11.9 Å². The molecule has 340 valence electrons. The third-order valence-corrected chi connectivity index (χ3v) is 10.9. The summed E-state index contributed by atoms with van der Waals surface area (Å²) in [5.41, 5.74) is 6.53. The Labute approximate surface area is 374 Å². The van der Waals surface area contributed by atoms with E-state index in [1.54, 1.807) is 32.9 Å². The first-order valence-electron chi connectivity index (χ1n) is 21.7. The van der Waals surface area contributed by atoms with Crippen LogP contribution >= 0.6 is 0 Å². The van der Waals surface area contributed by atoms with Crippen LogP contribution in [0.3, 0.4) is 0 Å². The van der Waals surface area contributed by atoms with Gasteiger partial charge >= 0.3 is 23.3 Å². The lowest BCUT2D eigenvalue weighted by Crippen LogP contribution is -2.39. The molecular weight excluding hydrogens is 813 g/mol. The van der Waals surface area contributed by atoms with E-state index >= 15 is 0 Å². The van der Waals surface area contributed by atoms with Gasteiger partial charge in [0.15, 0.2) is 11.2 Å². The van der Waals surface area contributed by atoms with Crippen molar-refractivity contribution in [3.63, 3.8) is 0 Å². The van der Waals surface area contributed by atoms with Crippen LogP contribution in [0.1, 0.15) is 104 Å². The zero-order valence-electron chi connectivity index (χ0n) is 38.5. The van der Waals surface area contributed by atoms with Crippen LogP contribution in [0, 0.1) is 27.7 Å². The summed E-state index contributed by atoms with van der Waals surface area (Å²) in [6.07, 6.45) is 4.69. The second-order valence-electron chi connectivity index (χ2n) is 17.2. The molecule has 2 heterocycles. The molecule has 0 aliphatic rings. The van der Waals surface area contributed by atoms with Gasteiger partial charge in [0.05, 0.1) is 19.7 Å². The Hall–Kier alpha value is -6.70. The van der Waals surface area contributed by atoms with E-state index in [-0.39, 0.29) is 17.3 Å². The van der Waals surface area contributed by atoms with E-state index in [4.69, 9.17) is 19.3 Å². The molecule has 4 aromatic carbocycles. The molecule has 6 aromatic rings. The highest BCUT2D eigenvalue weighted by Gasteiger charge is 2.31. The van der Waals surface area contributed by atoms with Gasteiger partial charge in [0.25, 0.3) is 0 Å². The Morgan fingerprint density at radius 3 is 1.34 bits per heavy atom. The number of ether oxygens (including phenoxy) is 3. The lowest BCUT2D eigenvalue weighted by molar-refractivity contribution is -0.158. The number of hydrogen-bond donors (Lipinski definition) is 3. The predicted molar refractivity (Wildman–Crippen MR) is 246 cm³/mol. The normalized spacial score (nSPS) is 11.5. The molecule has 0 atom stereocenters. The summed E-state index contributed by atoms with van der Waals surface area (Å²) in [5.74, 6) is 1.11. The molecular formula is C50H62N6O8. The van der Waals surface area contributed by atoms with E-state index in [9.17, 15) is 19.2 Å². The van der Waals surface area contributed by atoms with Crippen LogP contribution < -0.4 is 20.9 Å². The van der Waals surface area contributed by atoms with Crippen molar-refractivity contribution in [1.29, 1.82) is 0 Å². The van der Waals surface area contributed by atoms with Gasteiger partial charge in [-0.25, -0.2) is 28.5 Å². The van der Waals surface area contributed by atoms with E-state index in [0.717, 1.165) is 47.9 Å². The number of carbonyl (C=O) groups is 2. The Bertz CT molecular complexity index is 2620. The van der Waals surface area contributed by atoms with Crippen LogP contribution in [0.15, 0.2) is 94.5 Å². The minimum atomic E-state index is -1.27. The van der Waals surface area contributed by atoms with E-state index in [1.807, 2.05) is 48.5 Å². The van der Waals surface area contributed by atoms with Gasteiger partial charge in [-0.1, -0.05) is 60.7 Å². The second-order valence-corrected chi connectivity index (χ2v) is 17.2. The number of nitrogens with one attached hydrogen (secondary N) is 2. The van der Waals surface area contributed by atoms with Crippen molar-refractivity contribution < 1.29 is 28.9 Å². The summed E-state index contributed by atoms with van der Waals surface area (Å²) in [6, 6.07) is 27.4. The summed E-state index contributed by atoms with van der Waals surface area (Å²) >= 11 is 0. The Morgan fingerprint density at radius 1 is 0.578 bits per heavy atom. The van der Waals surface area contributed by atoms with Crippen LogP contribution in [0.25, 0.3) is 0 Å². The van der Waals surface area contributed by atoms with Gasteiger partial charge in [0.1, 0.15) is 23.1 Å². The summed E-state index contributed by atoms with van der Waals surface area (Å²) in [6.45, 7) is 17.7. The van der Waals surface area contributed by atoms with Crippen molar-refractivity contribution in [2.45, 2.75) is 125 Å². The summed E-state index contributed by atoms with van der Waals surface area (Å²) in [4.78, 5) is 53.4. The molecule has 64 heavy (non-hydrogen) atoms. The number of benzene rings is 4. The maximum Gasteiger partial charge on any atom is 0.349 e. The molecule has 3 N–H and O–H groups in total. The van der Waals surface area contributed by atoms with Gasteiger partial charge in [0, 0.05) is 12.8 Å². The van der Waals surface area contributed by atoms with Gasteiger partial charge in [-0.15, -0.1) is 0 Å². The average molecular weight is 875 g/mol. The summed E-state index contributed by atoms with van der Waals surface area (Å²) in [5, 5.41) is 18.0. The van der Waals surface area contributed by atoms with Crippen molar-refractivity contribution in [1.82, 2.24) is 29.5 Å². The topological polar surface area (TPSA) is 183 Å². The van der Waals surface area contributed by atoms with Crippen LogP contribution in [0.2, 0.25) is 0 Å². The number of aryl methyl sites for hydroxylation is 8. The Kier molecular flexibility index (Phi) is 16.3. The van der Waals surface area contributed by atoms with Crippen LogP contribution in [-0.2, 0) is 53.1 Å². The molecule has 6 rings (SSSR count). The summed E-state index contributed by atoms with van der Waals surface area (Å²) in [7, 11) is 0. The molecule has 0 fully saturated rings. The zero-order valence-corrected chi connectivity index (χ0v) is 38.5. The first kappa shape index (κ1) is 48.3. The minimum Gasteiger partial charge on any atom is -0.478 e. The number of rotatable bonds is 19. The Balaban J connectivity index is 0.000000241. The van der Waals surface area contributed by atoms with Crippen molar-refractivity contribution in [3.05, 3.63) is 162 Å². The number of carboxylic acid groups (broad SMARTS) is 1. The fourth-order valence-electron chi connectivity index (χ4n) is 6.74. The van der Waals surface area contributed by atoms with E-state index in [2.05, 4.69) is 72.1 Å². The van der Waals surface area contributed by atoms with Gasteiger partial charge < -0.3 is 19.3 Å². The molecule has 14 heteroatoms. The molecule has 0 aliphatic carbocycles. The van der Waals surface area contributed by atoms with Gasteiger partial charge in [-0.3, -0.25) is 9.97 Å². The molecule has 2 aromatic heterocycles. The average Bonchev–Trinajstić information content (AvgIpc) is 3.77. The fraction of sp³-hybridized carbons (Fsp3) is 0.400. The SMILES string of the molecule is CCOC(=O)C(C)(C)Oc1ccc(CCCc2nn(Cc3ccc(C)c(C)c3)c(=O)[nH]2)cc1.Cc1ccc(Cn2nc(CCCc3ccc(OC(C)(C)C(=O)O)cc3)[nH]c2=O)cc1C. The lowest BCUT2D eigenvalue weighted by Gasteiger charge is -2.24.